The van der Waals surface area contributed by atoms with Gasteiger partial charge in [-0.1, -0.05) is 38.3 Å². The maximum atomic E-state index is 6.43. The van der Waals surface area contributed by atoms with Crippen molar-refractivity contribution in [2.75, 3.05) is 6.54 Å². The molecule has 2 rings (SSSR count). The first-order valence-corrected chi connectivity index (χ1v) is 8.01. The van der Waals surface area contributed by atoms with Crippen LogP contribution in [-0.4, -0.2) is 16.3 Å². The third-order valence-corrected chi connectivity index (χ3v) is 5.02. The summed E-state index contributed by atoms with van der Waals surface area (Å²) in [6, 6.07) is 0.333. The van der Waals surface area contributed by atoms with E-state index in [0.29, 0.717) is 11.5 Å². The van der Waals surface area contributed by atoms with Gasteiger partial charge >= 0.3 is 0 Å². The highest BCUT2D eigenvalue weighted by atomic mass is 35.5. The first kappa shape index (κ1) is 14.9. The van der Waals surface area contributed by atoms with Gasteiger partial charge in [0.1, 0.15) is 0 Å². The third kappa shape index (κ3) is 2.68. The Morgan fingerprint density at radius 2 is 2.05 bits per heavy atom. The molecule has 0 aliphatic heterocycles. The van der Waals surface area contributed by atoms with Crippen LogP contribution in [0.4, 0.5) is 0 Å². The zero-order valence-corrected chi connectivity index (χ0v) is 13.1. The second-order valence-corrected chi connectivity index (χ2v) is 6.01. The lowest BCUT2D eigenvalue weighted by Gasteiger charge is -2.38. The average molecular weight is 284 g/mol. The summed E-state index contributed by atoms with van der Waals surface area (Å²) in [5.41, 5.74) is 1.54. The van der Waals surface area contributed by atoms with E-state index in [1.54, 1.807) is 6.20 Å². The van der Waals surface area contributed by atoms with Crippen molar-refractivity contribution < 1.29 is 0 Å². The van der Waals surface area contributed by atoms with E-state index in [2.05, 4.69) is 35.9 Å². The van der Waals surface area contributed by atoms with Gasteiger partial charge < -0.3 is 5.32 Å². The van der Waals surface area contributed by atoms with E-state index >= 15 is 0 Å². The standard InChI is InChI=1S/C15H26ClN3/c1-4-15(9-7-8-10-15)14(17-5-2)13-12(16)11-18-19(13)6-3/h11,14,17H,4-10H2,1-3H3. The summed E-state index contributed by atoms with van der Waals surface area (Å²) in [7, 11) is 0. The van der Waals surface area contributed by atoms with Gasteiger partial charge in [-0.25, -0.2) is 0 Å². The molecule has 1 atom stereocenters. The van der Waals surface area contributed by atoms with Crippen LogP contribution in [0.2, 0.25) is 5.02 Å². The molecule has 4 heteroatoms. The monoisotopic (exact) mass is 283 g/mol. The van der Waals surface area contributed by atoms with Crippen LogP contribution in [-0.2, 0) is 6.54 Å². The smallest absolute Gasteiger partial charge is 0.0834 e. The molecule has 1 N–H and O–H groups in total. The Morgan fingerprint density at radius 3 is 2.58 bits per heavy atom. The van der Waals surface area contributed by atoms with Gasteiger partial charge in [-0.2, -0.15) is 5.10 Å². The molecule has 0 amide bonds. The summed E-state index contributed by atoms with van der Waals surface area (Å²) >= 11 is 6.43. The molecule has 1 unspecified atom stereocenters. The normalized spacial score (nSPS) is 19.8. The SMILES string of the molecule is CCNC(c1c(Cl)cnn1CC)C1(CC)CCCC1. The second-order valence-electron chi connectivity index (χ2n) is 5.61. The first-order chi connectivity index (χ1) is 9.18. The van der Waals surface area contributed by atoms with Crippen molar-refractivity contribution in [2.24, 2.45) is 5.41 Å². The van der Waals surface area contributed by atoms with E-state index in [0.717, 1.165) is 18.1 Å². The van der Waals surface area contributed by atoms with Crippen LogP contribution in [0.3, 0.4) is 0 Å². The Kier molecular flexibility index (Phi) is 4.91. The van der Waals surface area contributed by atoms with Crippen molar-refractivity contribution in [3.05, 3.63) is 16.9 Å². The van der Waals surface area contributed by atoms with Crippen LogP contribution < -0.4 is 5.32 Å². The molecule has 0 radical (unpaired) electrons. The molecular weight excluding hydrogens is 258 g/mol. The van der Waals surface area contributed by atoms with Crippen LogP contribution in [0.15, 0.2) is 6.20 Å². The van der Waals surface area contributed by atoms with E-state index in [-0.39, 0.29) is 0 Å². The Hall–Kier alpha value is -0.540. The molecule has 108 valence electrons. The fourth-order valence-electron chi connectivity index (χ4n) is 3.64. The van der Waals surface area contributed by atoms with Crippen molar-refractivity contribution in [3.63, 3.8) is 0 Å². The van der Waals surface area contributed by atoms with E-state index in [1.165, 1.54) is 37.8 Å². The van der Waals surface area contributed by atoms with Gasteiger partial charge in [0.15, 0.2) is 0 Å². The maximum absolute atomic E-state index is 6.43. The lowest BCUT2D eigenvalue weighted by molar-refractivity contribution is 0.180. The van der Waals surface area contributed by atoms with Gasteiger partial charge in [0.25, 0.3) is 0 Å². The molecule has 1 heterocycles. The van der Waals surface area contributed by atoms with Crippen molar-refractivity contribution in [2.45, 2.75) is 65.5 Å². The molecule has 1 aliphatic carbocycles. The molecule has 3 nitrogen and oxygen atoms in total. The minimum atomic E-state index is 0.333. The second kappa shape index (κ2) is 6.27. The van der Waals surface area contributed by atoms with Gasteiger partial charge in [0.05, 0.1) is 23.0 Å². The van der Waals surface area contributed by atoms with E-state index < -0.39 is 0 Å². The van der Waals surface area contributed by atoms with Gasteiger partial charge in [0.2, 0.25) is 0 Å². The number of aryl methyl sites for hydroxylation is 1. The van der Waals surface area contributed by atoms with E-state index in [4.69, 9.17) is 11.6 Å². The first-order valence-electron chi connectivity index (χ1n) is 7.63. The molecule has 1 saturated carbocycles. The fourth-order valence-corrected chi connectivity index (χ4v) is 3.89. The molecule has 0 aromatic carbocycles. The van der Waals surface area contributed by atoms with E-state index in [1.807, 2.05) is 0 Å². The summed E-state index contributed by atoms with van der Waals surface area (Å²) in [6.45, 7) is 8.46. The summed E-state index contributed by atoms with van der Waals surface area (Å²) in [4.78, 5) is 0. The quantitative estimate of drug-likeness (QED) is 0.849. The maximum Gasteiger partial charge on any atom is 0.0834 e. The predicted octanol–water partition coefficient (Wildman–Crippen LogP) is 4.18. The van der Waals surface area contributed by atoms with Crippen molar-refractivity contribution in [1.82, 2.24) is 15.1 Å². The predicted molar refractivity (Wildman–Crippen MR) is 80.5 cm³/mol. The van der Waals surface area contributed by atoms with Crippen LogP contribution in [0.1, 0.15) is 64.6 Å². The lowest BCUT2D eigenvalue weighted by Crippen LogP contribution is -2.37. The van der Waals surface area contributed by atoms with Gasteiger partial charge in [-0.15, -0.1) is 0 Å². The molecule has 0 spiro atoms. The highest BCUT2D eigenvalue weighted by molar-refractivity contribution is 6.31. The van der Waals surface area contributed by atoms with Gasteiger partial charge in [-0.3, -0.25) is 4.68 Å². The van der Waals surface area contributed by atoms with Crippen molar-refractivity contribution in [1.29, 1.82) is 0 Å². The Morgan fingerprint density at radius 1 is 1.37 bits per heavy atom. The number of rotatable bonds is 6. The largest absolute Gasteiger partial charge is 0.308 e. The van der Waals surface area contributed by atoms with Crippen LogP contribution in [0.5, 0.6) is 0 Å². The molecule has 1 aliphatic rings. The zero-order valence-electron chi connectivity index (χ0n) is 12.4. The Labute approximate surface area is 121 Å². The lowest BCUT2D eigenvalue weighted by atomic mass is 9.74. The summed E-state index contributed by atoms with van der Waals surface area (Å²) in [6.07, 6.45) is 8.28. The molecule has 0 bridgehead atoms. The van der Waals surface area contributed by atoms with E-state index in [9.17, 15) is 0 Å². The molecule has 1 fully saturated rings. The molecule has 1 aromatic rings. The number of hydrogen-bond donors (Lipinski definition) is 1. The number of nitrogens with one attached hydrogen (secondary N) is 1. The number of aromatic nitrogens is 2. The fraction of sp³-hybridized carbons (Fsp3) is 0.800. The van der Waals surface area contributed by atoms with Gasteiger partial charge in [0, 0.05) is 6.54 Å². The number of halogens is 1. The molecule has 19 heavy (non-hydrogen) atoms. The summed E-state index contributed by atoms with van der Waals surface area (Å²) < 4.78 is 2.06. The summed E-state index contributed by atoms with van der Waals surface area (Å²) in [5.74, 6) is 0. The van der Waals surface area contributed by atoms with Crippen LogP contribution in [0.25, 0.3) is 0 Å². The van der Waals surface area contributed by atoms with Crippen LogP contribution >= 0.6 is 11.6 Å². The molecule has 1 aromatic heterocycles. The molecule has 0 saturated heterocycles. The molecular formula is C15H26ClN3. The van der Waals surface area contributed by atoms with Gasteiger partial charge in [-0.05, 0) is 38.1 Å². The highest BCUT2D eigenvalue weighted by Crippen LogP contribution is 2.51. The zero-order chi connectivity index (χ0) is 13.9. The minimum Gasteiger partial charge on any atom is -0.308 e. The third-order valence-electron chi connectivity index (χ3n) is 4.73. The van der Waals surface area contributed by atoms with Crippen molar-refractivity contribution in [3.8, 4) is 0 Å². The van der Waals surface area contributed by atoms with Crippen LogP contribution in [0, 0.1) is 5.41 Å². The minimum absolute atomic E-state index is 0.333. The topological polar surface area (TPSA) is 29.9 Å². The van der Waals surface area contributed by atoms with Crippen molar-refractivity contribution >= 4 is 11.6 Å². The number of hydrogen-bond acceptors (Lipinski definition) is 2. The highest BCUT2D eigenvalue weighted by Gasteiger charge is 2.42. The summed E-state index contributed by atoms with van der Waals surface area (Å²) in [5, 5.41) is 8.92. The number of nitrogens with zero attached hydrogens (tertiary/aromatic N) is 2. The Balaban J connectivity index is 2.41. The Bertz CT molecular complexity index is 408. The average Bonchev–Trinajstić information content (AvgIpc) is 3.03.